The lowest BCUT2D eigenvalue weighted by atomic mass is 10.0. The molecule has 0 fully saturated rings. The number of pyridine rings is 1. The number of nitrogens with two attached hydrogens (primary N) is 1. The first-order valence-electron chi connectivity index (χ1n) is 12.7. The highest BCUT2D eigenvalue weighted by molar-refractivity contribution is 5.97. The van der Waals surface area contributed by atoms with Gasteiger partial charge in [0, 0.05) is 19.6 Å². The van der Waals surface area contributed by atoms with Crippen LogP contribution in [0.1, 0.15) is 52.6 Å². The van der Waals surface area contributed by atoms with Gasteiger partial charge in [0.15, 0.2) is 0 Å². The van der Waals surface area contributed by atoms with Crippen LogP contribution in [0.3, 0.4) is 0 Å². The molecule has 0 unspecified atom stereocenters. The van der Waals surface area contributed by atoms with Gasteiger partial charge in [0.1, 0.15) is 23.9 Å². The Kier molecular flexibility index (Phi) is 8.55. The summed E-state index contributed by atoms with van der Waals surface area (Å²) in [5.74, 6) is 0.660. The van der Waals surface area contributed by atoms with E-state index in [1.807, 2.05) is 59.2 Å². The lowest BCUT2D eigenvalue weighted by Gasteiger charge is -2.32. The summed E-state index contributed by atoms with van der Waals surface area (Å²) in [6, 6.07) is 22.3. The number of para-hydroxylation sites is 1. The first kappa shape index (κ1) is 25.2. The molecule has 0 radical (unpaired) electrons. The van der Waals surface area contributed by atoms with Gasteiger partial charge in [-0.3, -0.25) is 9.59 Å². The lowest BCUT2D eigenvalue weighted by Crippen LogP contribution is -2.46. The van der Waals surface area contributed by atoms with Gasteiger partial charge in [-0.15, -0.1) is 0 Å². The Morgan fingerprint density at radius 3 is 2.50 bits per heavy atom. The second kappa shape index (κ2) is 12.2. The van der Waals surface area contributed by atoms with E-state index in [1.165, 1.54) is 0 Å². The standard InChI is InChI=1S/C29H34N4O3/c1-2-32-18-9-4-10-19-33(29(35)25-15-11-17-27(30)31-25)23(20-22-12-5-3-6-13-22)21-36-26-16-8-7-14-24(26)28(32)34/h3,5-8,11-17,23H,2,4,9-10,18-21H2,1H3,(H2,30,31)/t23-/m0/s1. The number of hydrogen-bond donors (Lipinski definition) is 1. The zero-order valence-electron chi connectivity index (χ0n) is 20.8. The number of carbonyl (C=O) groups is 2. The Labute approximate surface area is 212 Å². The van der Waals surface area contributed by atoms with E-state index in [2.05, 4.69) is 17.1 Å². The van der Waals surface area contributed by atoms with E-state index in [-0.39, 0.29) is 24.5 Å². The van der Waals surface area contributed by atoms with Gasteiger partial charge >= 0.3 is 0 Å². The highest BCUT2D eigenvalue weighted by Crippen LogP contribution is 2.23. The van der Waals surface area contributed by atoms with Gasteiger partial charge in [-0.05, 0) is 62.4 Å². The molecule has 2 aromatic carbocycles. The maximum absolute atomic E-state index is 13.7. The van der Waals surface area contributed by atoms with E-state index in [1.54, 1.807) is 18.2 Å². The molecule has 0 saturated heterocycles. The van der Waals surface area contributed by atoms with Crippen molar-refractivity contribution in [3.8, 4) is 5.75 Å². The third-order valence-electron chi connectivity index (χ3n) is 6.55. The number of anilines is 1. The van der Waals surface area contributed by atoms with Crippen LogP contribution in [-0.2, 0) is 6.42 Å². The van der Waals surface area contributed by atoms with Crippen molar-refractivity contribution in [2.75, 3.05) is 32.0 Å². The zero-order valence-corrected chi connectivity index (χ0v) is 20.8. The number of amides is 2. The van der Waals surface area contributed by atoms with Crippen LogP contribution in [0.15, 0.2) is 72.8 Å². The number of nitrogens with zero attached hydrogens (tertiary/aromatic N) is 3. The maximum Gasteiger partial charge on any atom is 0.272 e. The molecule has 1 aliphatic rings. The molecule has 0 bridgehead atoms. The molecular formula is C29H34N4O3. The number of fused-ring (bicyclic) bond motifs is 1. The first-order chi connectivity index (χ1) is 17.6. The highest BCUT2D eigenvalue weighted by atomic mass is 16.5. The lowest BCUT2D eigenvalue weighted by molar-refractivity contribution is 0.0599. The number of ether oxygens (including phenoxy) is 1. The van der Waals surface area contributed by atoms with Crippen LogP contribution in [0.2, 0.25) is 0 Å². The summed E-state index contributed by atoms with van der Waals surface area (Å²) in [4.78, 5) is 35.0. The molecule has 1 aliphatic heterocycles. The summed E-state index contributed by atoms with van der Waals surface area (Å²) in [5, 5.41) is 0. The molecule has 188 valence electrons. The van der Waals surface area contributed by atoms with E-state index < -0.39 is 0 Å². The van der Waals surface area contributed by atoms with Crippen LogP contribution in [0.4, 0.5) is 5.82 Å². The van der Waals surface area contributed by atoms with Crippen LogP contribution in [-0.4, -0.2) is 58.9 Å². The number of rotatable bonds is 4. The van der Waals surface area contributed by atoms with Crippen LogP contribution in [0.5, 0.6) is 5.75 Å². The molecule has 2 N–H and O–H groups in total. The van der Waals surface area contributed by atoms with Gasteiger partial charge in [-0.1, -0.05) is 48.5 Å². The molecule has 2 amide bonds. The molecule has 7 heteroatoms. The van der Waals surface area contributed by atoms with Gasteiger partial charge in [-0.25, -0.2) is 4.98 Å². The molecule has 7 nitrogen and oxygen atoms in total. The Morgan fingerprint density at radius 1 is 0.972 bits per heavy atom. The Balaban J connectivity index is 1.70. The van der Waals surface area contributed by atoms with Crippen LogP contribution in [0.25, 0.3) is 0 Å². The fraction of sp³-hybridized carbons (Fsp3) is 0.345. The van der Waals surface area contributed by atoms with Gasteiger partial charge < -0.3 is 20.3 Å². The minimum Gasteiger partial charge on any atom is -0.491 e. The van der Waals surface area contributed by atoms with Crippen LogP contribution < -0.4 is 10.5 Å². The molecule has 0 spiro atoms. The van der Waals surface area contributed by atoms with Gasteiger partial charge in [0.05, 0.1) is 11.6 Å². The average Bonchev–Trinajstić information content (AvgIpc) is 2.91. The summed E-state index contributed by atoms with van der Waals surface area (Å²) in [7, 11) is 0. The van der Waals surface area contributed by atoms with E-state index >= 15 is 0 Å². The van der Waals surface area contributed by atoms with Gasteiger partial charge in [0.25, 0.3) is 11.8 Å². The molecule has 4 rings (SSSR count). The summed E-state index contributed by atoms with van der Waals surface area (Å²) in [6.07, 6.45) is 3.20. The van der Waals surface area contributed by atoms with Crippen LogP contribution >= 0.6 is 0 Å². The summed E-state index contributed by atoms with van der Waals surface area (Å²) in [5.41, 5.74) is 7.87. The predicted molar refractivity (Wildman–Crippen MR) is 141 cm³/mol. The van der Waals surface area contributed by atoms with E-state index in [0.717, 1.165) is 24.8 Å². The molecule has 1 atom stereocenters. The van der Waals surface area contributed by atoms with Crippen LogP contribution in [0, 0.1) is 0 Å². The topological polar surface area (TPSA) is 88.8 Å². The fourth-order valence-corrected chi connectivity index (χ4v) is 4.60. The van der Waals surface area contributed by atoms with E-state index in [4.69, 9.17) is 10.5 Å². The minimum atomic E-state index is -0.255. The number of benzene rings is 2. The van der Waals surface area contributed by atoms with E-state index in [9.17, 15) is 9.59 Å². The molecule has 0 aliphatic carbocycles. The summed E-state index contributed by atoms with van der Waals surface area (Å²) in [6.45, 7) is 4.11. The van der Waals surface area contributed by atoms with Gasteiger partial charge in [0.2, 0.25) is 0 Å². The molecular weight excluding hydrogens is 452 g/mol. The third kappa shape index (κ3) is 6.22. The Bertz CT molecular complexity index is 1170. The number of aromatic nitrogens is 1. The number of carbonyl (C=O) groups excluding carboxylic acids is 2. The first-order valence-corrected chi connectivity index (χ1v) is 12.7. The monoisotopic (exact) mass is 486 g/mol. The van der Waals surface area contributed by atoms with Crippen molar-refractivity contribution in [3.63, 3.8) is 0 Å². The Hall–Kier alpha value is -3.87. The average molecular weight is 487 g/mol. The van der Waals surface area contributed by atoms with Crippen molar-refractivity contribution < 1.29 is 14.3 Å². The second-order valence-corrected chi connectivity index (χ2v) is 9.04. The predicted octanol–water partition coefficient (Wildman–Crippen LogP) is 4.44. The summed E-state index contributed by atoms with van der Waals surface area (Å²) < 4.78 is 6.30. The second-order valence-electron chi connectivity index (χ2n) is 9.04. The molecule has 36 heavy (non-hydrogen) atoms. The minimum absolute atomic E-state index is 0.0242. The largest absolute Gasteiger partial charge is 0.491 e. The smallest absolute Gasteiger partial charge is 0.272 e. The molecule has 0 saturated carbocycles. The van der Waals surface area contributed by atoms with Crippen molar-refractivity contribution in [1.29, 1.82) is 0 Å². The fourth-order valence-electron chi connectivity index (χ4n) is 4.60. The highest BCUT2D eigenvalue weighted by Gasteiger charge is 2.28. The van der Waals surface area contributed by atoms with Crippen molar-refractivity contribution in [2.24, 2.45) is 0 Å². The van der Waals surface area contributed by atoms with E-state index in [0.29, 0.717) is 48.9 Å². The van der Waals surface area contributed by atoms with Crippen molar-refractivity contribution in [1.82, 2.24) is 14.8 Å². The number of hydrogen-bond acceptors (Lipinski definition) is 5. The van der Waals surface area contributed by atoms with Crippen molar-refractivity contribution in [3.05, 3.63) is 89.6 Å². The number of nitrogen functional groups attached to an aromatic ring is 1. The third-order valence-corrected chi connectivity index (χ3v) is 6.55. The SMILES string of the molecule is CCN1CCCCCN(C(=O)c2cccc(N)n2)[C@@H](Cc2ccccc2)COc2ccccc2C1=O. The normalized spacial score (nSPS) is 17.2. The van der Waals surface area contributed by atoms with Crippen molar-refractivity contribution >= 4 is 17.6 Å². The zero-order chi connectivity index (χ0) is 25.3. The molecule has 3 aromatic rings. The quantitative estimate of drug-likeness (QED) is 0.589. The maximum atomic E-state index is 13.7. The van der Waals surface area contributed by atoms with Crippen molar-refractivity contribution in [2.45, 2.75) is 38.6 Å². The Morgan fingerprint density at radius 2 is 1.72 bits per heavy atom. The van der Waals surface area contributed by atoms with Gasteiger partial charge in [-0.2, -0.15) is 0 Å². The molecule has 2 heterocycles. The molecule has 1 aromatic heterocycles. The summed E-state index contributed by atoms with van der Waals surface area (Å²) >= 11 is 0.